The summed E-state index contributed by atoms with van der Waals surface area (Å²) in [6.07, 6.45) is 4.78. The first kappa shape index (κ1) is 25.1. The first-order valence-electron chi connectivity index (χ1n) is 10.6. The maximum atomic E-state index is 14.4. The summed E-state index contributed by atoms with van der Waals surface area (Å²) in [5.74, 6) is 0.290. The molecular formula is C22H28F2N2O4PS+. The zero-order valence-corrected chi connectivity index (χ0v) is 19.5. The van der Waals surface area contributed by atoms with Gasteiger partial charge in [-0.15, -0.1) is 21.2 Å². The first-order valence-corrected chi connectivity index (χ1v) is 12.7. The molecular weight excluding hydrogens is 457 g/mol. The first-order chi connectivity index (χ1) is 15.5. The van der Waals surface area contributed by atoms with Crippen LogP contribution in [0.1, 0.15) is 36.9 Å². The minimum Gasteiger partial charge on any atom is -0.379 e. The van der Waals surface area contributed by atoms with Gasteiger partial charge in [0.2, 0.25) is 0 Å². The molecule has 3 rings (SSSR count). The van der Waals surface area contributed by atoms with Crippen LogP contribution in [-0.2, 0) is 25.8 Å². The SMILES string of the molecule is O=[P+](O)OCCCNCc1cc(F)c(SCCCCC2(c3ccccc3F)COC2)cn1. The molecule has 0 bridgehead atoms. The van der Waals surface area contributed by atoms with Crippen molar-refractivity contribution in [2.24, 2.45) is 0 Å². The molecule has 0 aliphatic carbocycles. The highest BCUT2D eigenvalue weighted by molar-refractivity contribution is 7.99. The standard InChI is InChI=1S/C22H27F2N2O4PS/c23-19-7-2-1-6-18(19)22(15-29-16-22)8-3-4-11-32-21-14-26-17(12-20(21)24)13-25-9-5-10-30-31(27)28/h1-2,6-7,12,14,25H,3-5,8-11,13,15-16H2/p+1. The fourth-order valence-corrected chi connectivity index (χ4v) is 4.82. The highest BCUT2D eigenvalue weighted by Gasteiger charge is 2.41. The Morgan fingerprint density at radius 2 is 2.03 bits per heavy atom. The van der Waals surface area contributed by atoms with Gasteiger partial charge in [0.25, 0.3) is 0 Å². The van der Waals surface area contributed by atoms with Crippen molar-refractivity contribution in [3.05, 3.63) is 59.4 Å². The van der Waals surface area contributed by atoms with Crippen molar-refractivity contribution in [3.8, 4) is 0 Å². The normalized spacial score (nSPS) is 15.4. The van der Waals surface area contributed by atoms with Gasteiger partial charge in [-0.05, 0) is 49.3 Å². The molecule has 1 atom stereocenters. The third kappa shape index (κ3) is 7.27. The van der Waals surface area contributed by atoms with Gasteiger partial charge in [0.15, 0.2) is 0 Å². The Hall–Kier alpha value is -1.48. The Labute approximate surface area is 192 Å². The van der Waals surface area contributed by atoms with Crippen LogP contribution in [0.25, 0.3) is 0 Å². The lowest BCUT2D eigenvalue weighted by Crippen LogP contribution is -2.47. The van der Waals surface area contributed by atoms with Gasteiger partial charge in [0.05, 0.1) is 23.8 Å². The lowest BCUT2D eigenvalue weighted by molar-refractivity contribution is -0.0668. The molecule has 2 heterocycles. The summed E-state index contributed by atoms with van der Waals surface area (Å²) in [4.78, 5) is 13.4. The lowest BCUT2D eigenvalue weighted by Gasteiger charge is -2.42. The predicted molar refractivity (Wildman–Crippen MR) is 120 cm³/mol. The summed E-state index contributed by atoms with van der Waals surface area (Å²) in [6.45, 7) is 2.26. The van der Waals surface area contributed by atoms with Gasteiger partial charge in [0.1, 0.15) is 18.2 Å². The Bertz CT molecular complexity index is 902. The van der Waals surface area contributed by atoms with E-state index in [1.165, 1.54) is 23.9 Å². The van der Waals surface area contributed by atoms with Crippen LogP contribution in [0.3, 0.4) is 0 Å². The van der Waals surface area contributed by atoms with Crippen LogP contribution in [0.4, 0.5) is 8.78 Å². The highest BCUT2D eigenvalue weighted by atomic mass is 32.2. The smallest absolute Gasteiger partial charge is 0.379 e. The second-order valence-electron chi connectivity index (χ2n) is 7.77. The molecule has 10 heteroatoms. The number of thioether (sulfide) groups is 1. The van der Waals surface area contributed by atoms with Gasteiger partial charge in [-0.1, -0.05) is 24.6 Å². The molecule has 174 valence electrons. The van der Waals surface area contributed by atoms with Gasteiger partial charge in [-0.3, -0.25) is 4.98 Å². The van der Waals surface area contributed by atoms with Crippen molar-refractivity contribution in [1.82, 2.24) is 10.3 Å². The van der Waals surface area contributed by atoms with E-state index in [2.05, 4.69) is 14.8 Å². The van der Waals surface area contributed by atoms with Crippen LogP contribution in [0.5, 0.6) is 0 Å². The van der Waals surface area contributed by atoms with E-state index in [1.807, 2.05) is 12.1 Å². The molecule has 2 N–H and O–H groups in total. The molecule has 6 nitrogen and oxygen atoms in total. The van der Waals surface area contributed by atoms with Gasteiger partial charge in [-0.25, -0.2) is 8.78 Å². The number of nitrogens with one attached hydrogen (secondary N) is 1. The van der Waals surface area contributed by atoms with Crippen LogP contribution in [-0.4, -0.2) is 42.0 Å². The number of hydrogen-bond acceptors (Lipinski definition) is 6. The summed E-state index contributed by atoms with van der Waals surface area (Å²) < 4.78 is 48.9. The molecule has 1 fully saturated rings. The van der Waals surface area contributed by atoms with E-state index in [0.29, 0.717) is 43.3 Å². The minimum absolute atomic E-state index is 0.178. The summed E-state index contributed by atoms with van der Waals surface area (Å²) in [5.41, 5.74) is 1.09. The van der Waals surface area contributed by atoms with Crippen LogP contribution >= 0.6 is 20.0 Å². The van der Waals surface area contributed by atoms with Crippen LogP contribution in [0, 0.1) is 11.6 Å². The Morgan fingerprint density at radius 1 is 1.22 bits per heavy atom. The third-order valence-electron chi connectivity index (χ3n) is 5.39. The van der Waals surface area contributed by atoms with E-state index in [9.17, 15) is 13.3 Å². The second kappa shape index (κ2) is 12.7. The van der Waals surface area contributed by atoms with Crippen molar-refractivity contribution >= 4 is 20.0 Å². The number of rotatable bonds is 14. The van der Waals surface area contributed by atoms with E-state index in [4.69, 9.17) is 9.63 Å². The summed E-state index contributed by atoms with van der Waals surface area (Å²) >= 11 is 1.44. The highest BCUT2D eigenvalue weighted by Crippen LogP contribution is 2.38. The Balaban J connectivity index is 1.36. The molecule has 1 aromatic carbocycles. The van der Waals surface area contributed by atoms with Gasteiger partial charge < -0.3 is 10.1 Å². The third-order valence-corrected chi connectivity index (χ3v) is 6.90. The molecule has 1 aliphatic rings. The van der Waals surface area contributed by atoms with E-state index < -0.39 is 8.25 Å². The topological polar surface area (TPSA) is 80.7 Å². The number of pyridine rings is 1. The van der Waals surface area contributed by atoms with Gasteiger partial charge in [-0.2, -0.15) is 0 Å². The van der Waals surface area contributed by atoms with Crippen molar-refractivity contribution in [1.29, 1.82) is 0 Å². The zero-order valence-electron chi connectivity index (χ0n) is 17.8. The number of aromatic nitrogens is 1. The number of halogens is 2. The van der Waals surface area contributed by atoms with Crippen LogP contribution < -0.4 is 5.32 Å². The number of hydrogen-bond donors (Lipinski definition) is 2. The van der Waals surface area contributed by atoms with E-state index in [-0.39, 0.29) is 23.7 Å². The summed E-state index contributed by atoms with van der Waals surface area (Å²) in [5, 5.41) is 3.10. The summed E-state index contributed by atoms with van der Waals surface area (Å²) in [7, 11) is -2.56. The molecule has 0 spiro atoms. The van der Waals surface area contributed by atoms with Crippen LogP contribution in [0.2, 0.25) is 0 Å². The Morgan fingerprint density at radius 3 is 2.72 bits per heavy atom. The molecule has 1 unspecified atom stereocenters. The lowest BCUT2D eigenvalue weighted by atomic mass is 9.74. The largest absolute Gasteiger partial charge is 0.694 e. The molecule has 0 amide bonds. The maximum Gasteiger partial charge on any atom is 0.694 e. The van der Waals surface area contributed by atoms with Crippen molar-refractivity contribution in [2.75, 3.05) is 32.1 Å². The predicted octanol–water partition coefficient (Wildman–Crippen LogP) is 4.74. The maximum absolute atomic E-state index is 14.4. The molecule has 0 radical (unpaired) electrons. The monoisotopic (exact) mass is 485 g/mol. The molecule has 1 aliphatic heterocycles. The average molecular weight is 486 g/mol. The molecule has 32 heavy (non-hydrogen) atoms. The number of unbranched alkanes of at least 4 members (excludes halogenated alkanes) is 1. The number of benzene rings is 1. The van der Waals surface area contributed by atoms with E-state index >= 15 is 0 Å². The number of ether oxygens (including phenoxy) is 1. The minimum atomic E-state index is -2.56. The van der Waals surface area contributed by atoms with Crippen molar-refractivity contribution in [2.45, 2.75) is 42.5 Å². The van der Waals surface area contributed by atoms with E-state index in [1.54, 1.807) is 12.3 Å². The second-order valence-corrected chi connectivity index (χ2v) is 9.64. The molecule has 1 saturated heterocycles. The Kier molecular flexibility index (Phi) is 9.96. The zero-order chi connectivity index (χ0) is 22.8. The van der Waals surface area contributed by atoms with E-state index in [0.717, 1.165) is 30.6 Å². The van der Waals surface area contributed by atoms with Gasteiger partial charge in [0, 0.05) is 22.7 Å². The van der Waals surface area contributed by atoms with Gasteiger partial charge >= 0.3 is 8.25 Å². The fraction of sp³-hybridized carbons (Fsp3) is 0.500. The van der Waals surface area contributed by atoms with Crippen molar-refractivity contribution < 1.29 is 27.5 Å². The molecule has 2 aromatic rings. The van der Waals surface area contributed by atoms with Crippen LogP contribution in [0.15, 0.2) is 41.4 Å². The van der Waals surface area contributed by atoms with Crippen molar-refractivity contribution in [3.63, 3.8) is 0 Å². The number of nitrogens with zero attached hydrogens (tertiary/aromatic N) is 1. The summed E-state index contributed by atoms with van der Waals surface area (Å²) in [6, 6.07) is 8.32. The quantitative estimate of drug-likeness (QED) is 0.227. The molecule has 0 saturated carbocycles. The molecule has 1 aromatic heterocycles. The fourth-order valence-electron chi connectivity index (χ4n) is 3.64. The average Bonchev–Trinajstić information content (AvgIpc) is 2.74.